The Morgan fingerprint density at radius 1 is 1.43 bits per heavy atom. The van der Waals surface area contributed by atoms with E-state index in [0.29, 0.717) is 22.4 Å². The van der Waals surface area contributed by atoms with Crippen LogP contribution in [-0.4, -0.2) is 34.9 Å². The highest BCUT2D eigenvalue weighted by molar-refractivity contribution is 6.33. The largest absolute Gasteiger partial charge is 0.370 e. The zero-order valence-electron chi connectivity index (χ0n) is 12.9. The van der Waals surface area contributed by atoms with E-state index in [4.69, 9.17) is 11.6 Å². The quantitative estimate of drug-likeness (QED) is 0.915. The standard InChI is InChI=1S/C16H24ClN3O/c1-3-12-8-6-5-7-9-20(12)16(21)13-10-15(18-4-2)19-11-14(13)17/h10-12H,3-9H2,1-2H3,(H,18,19). The van der Waals surface area contributed by atoms with Crippen LogP contribution in [0.4, 0.5) is 5.82 Å². The molecule has 0 aromatic carbocycles. The van der Waals surface area contributed by atoms with Crippen molar-refractivity contribution in [2.45, 2.75) is 52.0 Å². The highest BCUT2D eigenvalue weighted by Gasteiger charge is 2.26. The van der Waals surface area contributed by atoms with E-state index in [0.717, 1.165) is 32.4 Å². The van der Waals surface area contributed by atoms with Gasteiger partial charge in [0.05, 0.1) is 10.6 Å². The molecule has 2 rings (SSSR count). The molecule has 116 valence electrons. The lowest BCUT2D eigenvalue weighted by Gasteiger charge is -2.29. The third-order valence-electron chi connectivity index (χ3n) is 4.05. The van der Waals surface area contributed by atoms with Crippen LogP contribution >= 0.6 is 11.6 Å². The number of hydrogen-bond donors (Lipinski definition) is 1. The Labute approximate surface area is 131 Å². The first-order valence-corrected chi connectivity index (χ1v) is 8.25. The first-order valence-electron chi connectivity index (χ1n) is 7.87. The van der Waals surface area contributed by atoms with Crippen molar-refractivity contribution in [2.24, 2.45) is 0 Å². The molecule has 1 atom stereocenters. The molecule has 5 heteroatoms. The molecule has 0 aliphatic carbocycles. The fourth-order valence-electron chi connectivity index (χ4n) is 2.90. The summed E-state index contributed by atoms with van der Waals surface area (Å²) in [6.07, 6.45) is 7.12. The van der Waals surface area contributed by atoms with E-state index in [1.165, 1.54) is 12.8 Å². The number of hydrogen-bond acceptors (Lipinski definition) is 3. The molecule has 1 aliphatic rings. The molecular weight excluding hydrogens is 286 g/mol. The number of likely N-dealkylation sites (tertiary alicyclic amines) is 1. The molecule has 1 N–H and O–H groups in total. The molecule has 1 unspecified atom stereocenters. The number of aromatic nitrogens is 1. The van der Waals surface area contributed by atoms with Gasteiger partial charge in [-0.2, -0.15) is 0 Å². The first kappa shape index (κ1) is 16.1. The Kier molecular flexibility index (Phi) is 5.85. The minimum atomic E-state index is 0.0373. The second-order valence-electron chi connectivity index (χ2n) is 5.49. The fourth-order valence-corrected chi connectivity index (χ4v) is 3.09. The number of rotatable bonds is 4. The van der Waals surface area contributed by atoms with Crippen LogP contribution in [0.3, 0.4) is 0 Å². The molecule has 1 aromatic heterocycles. The van der Waals surface area contributed by atoms with E-state index in [9.17, 15) is 4.79 Å². The summed E-state index contributed by atoms with van der Waals surface area (Å²) >= 11 is 6.20. The topological polar surface area (TPSA) is 45.2 Å². The van der Waals surface area contributed by atoms with E-state index in [1.54, 1.807) is 12.3 Å². The van der Waals surface area contributed by atoms with Gasteiger partial charge in [0, 0.05) is 25.3 Å². The van der Waals surface area contributed by atoms with Crippen LogP contribution in [-0.2, 0) is 0 Å². The Hall–Kier alpha value is -1.29. The van der Waals surface area contributed by atoms with Gasteiger partial charge in [0.15, 0.2) is 0 Å². The fraction of sp³-hybridized carbons (Fsp3) is 0.625. The number of anilines is 1. The minimum Gasteiger partial charge on any atom is -0.370 e. The van der Waals surface area contributed by atoms with Crippen LogP contribution in [0.25, 0.3) is 0 Å². The normalized spacial score (nSPS) is 19.2. The molecule has 21 heavy (non-hydrogen) atoms. The molecule has 0 bridgehead atoms. The summed E-state index contributed by atoms with van der Waals surface area (Å²) in [5.74, 6) is 0.739. The van der Waals surface area contributed by atoms with Gasteiger partial charge in [-0.15, -0.1) is 0 Å². The van der Waals surface area contributed by atoms with Gasteiger partial charge in [-0.3, -0.25) is 4.79 Å². The molecule has 0 saturated carbocycles. The Balaban J connectivity index is 2.26. The molecule has 1 aliphatic heterocycles. The number of carbonyl (C=O) groups is 1. The van der Waals surface area contributed by atoms with Gasteiger partial charge in [0.1, 0.15) is 5.82 Å². The SMILES string of the molecule is CCNc1cc(C(=O)N2CCCCCC2CC)c(Cl)cn1. The summed E-state index contributed by atoms with van der Waals surface area (Å²) in [4.78, 5) is 19.1. The maximum atomic E-state index is 12.9. The van der Waals surface area contributed by atoms with E-state index in [1.807, 2.05) is 11.8 Å². The van der Waals surface area contributed by atoms with Gasteiger partial charge in [-0.1, -0.05) is 31.4 Å². The van der Waals surface area contributed by atoms with Crippen LogP contribution in [0.5, 0.6) is 0 Å². The first-order chi connectivity index (χ1) is 10.2. The summed E-state index contributed by atoms with van der Waals surface area (Å²) in [5.41, 5.74) is 0.558. The van der Waals surface area contributed by atoms with Crippen LogP contribution in [0, 0.1) is 0 Å². The third kappa shape index (κ3) is 3.88. The number of pyridine rings is 1. The van der Waals surface area contributed by atoms with Crippen molar-refractivity contribution < 1.29 is 4.79 Å². The zero-order valence-corrected chi connectivity index (χ0v) is 13.6. The Morgan fingerprint density at radius 2 is 2.24 bits per heavy atom. The van der Waals surface area contributed by atoms with E-state index >= 15 is 0 Å². The van der Waals surface area contributed by atoms with Crippen molar-refractivity contribution in [1.82, 2.24) is 9.88 Å². The lowest BCUT2D eigenvalue weighted by Crippen LogP contribution is -2.39. The predicted molar refractivity (Wildman–Crippen MR) is 87.0 cm³/mol. The van der Waals surface area contributed by atoms with Crippen molar-refractivity contribution in [3.8, 4) is 0 Å². The number of amides is 1. The molecule has 1 saturated heterocycles. The number of carbonyl (C=O) groups excluding carboxylic acids is 1. The second-order valence-corrected chi connectivity index (χ2v) is 5.90. The van der Waals surface area contributed by atoms with E-state index < -0.39 is 0 Å². The highest BCUT2D eigenvalue weighted by atomic mass is 35.5. The summed E-state index contributed by atoms with van der Waals surface area (Å²) in [6, 6.07) is 2.10. The van der Waals surface area contributed by atoms with Crippen molar-refractivity contribution in [3.63, 3.8) is 0 Å². The Morgan fingerprint density at radius 3 is 2.95 bits per heavy atom. The summed E-state index contributed by atoms with van der Waals surface area (Å²) in [7, 11) is 0. The predicted octanol–water partition coefficient (Wildman–Crippen LogP) is 3.96. The number of nitrogens with zero attached hydrogens (tertiary/aromatic N) is 2. The smallest absolute Gasteiger partial charge is 0.255 e. The summed E-state index contributed by atoms with van der Waals surface area (Å²) in [5, 5.41) is 3.56. The Bertz CT molecular complexity index is 492. The number of halogens is 1. The lowest BCUT2D eigenvalue weighted by molar-refractivity contribution is 0.0678. The van der Waals surface area contributed by atoms with Crippen molar-refractivity contribution in [3.05, 3.63) is 22.8 Å². The highest BCUT2D eigenvalue weighted by Crippen LogP contribution is 2.25. The van der Waals surface area contributed by atoms with Crippen molar-refractivity contribution in [2.75, 3.05) is 18.4 Å². The molecule has 1 amide bonds. The molecule has 1 fully saturated rings. The second kappa shape index (κ2) is 7.64. The van der Waals surface area contributed by atoms with Crippen molar-refractivity contribution >= 4 is 23.3 Å². The third-order valence-corrected chi connectivity index (χ3v) is 4.35. The van der Waals surface area contributed by atoms with E-state index in [-0.39, 0.29) is 5.91 Å². The summed E-state index contributed by atoms with van der Waals surface area (Å²) < 4.78 is 0. The average molecular weight is 310 g/mol. The van der Waals surface area contributed by atoms with Gasteiger partial charge >= 0.3 is 0 Å². The molecular formula is C16H24ClN3O. The van der Waals surface area contributed by atoms with Crippen LogP contribution in [0.15, 0.2) is 12.3 Å². The monoisotopic (exact) mass is 309 g/mol. The maximum absolute atomic E-state index is 12.9. The van der Waals surface area contributed by atoms with Crippen LogP contribution in [0.2, 0.25) is 5.02 Å². The lowest BCUT2D eigenvalue weighted by atomic mass is 10.1. The molecule has 0 radical (unpaired) electrons. The molecule has 2 heterocycles. The average Bonchev–Trinajstić information content (AvgIpc) is 2.74. The van der Waals surface area contributed by atoms with Gasteiger partial charge in [0.25, 0.3) is 5.91 Å². The maximum Gasteiger partial charge on any atom is 0.255 e. The van der Waals surface area contributed by atoms with Crippen LogP contribution < -0.4 is 5.32 Å². The summed E-state index contributed by atoms with van der Waals surface area (Å²) in [6.45, 7) is 5.74. The van der Waals surface area contributed by atoms with Gasteiger partial charge in [0.2, 0.25) is 0 Å². The van der Waals surface area contributed by atoms with Crippen LogP contribution in [0.1, 0.15) is 56.3 Å². The molecule has 1 aromatic rings. The zero-order chi connectivity index (χ0) is 15.2. The molecule has 0 spiro atoms. The number of nitrogens with one attached hydrogen (secondary N) is 1. The molecule has 4 nitrogen and oxygen atoms in total. The van der Waals surface area contributed by atoms with Crippen molar-refractivity contribution in [1.29, 1.82) is 0 Å². The van der Waals surface area contributed by atoms with Gasteiger partial charge < -0.3 is 10.2 Å². The van der Waals surface area contributed by atoms with E-state index in [2.05, 4.69) is 17.2 Å². The van der Waals surface area contributed by atoms with Gasteiger partial charge in [-0.25, -0.2) is 4.98 Å². The van der Waals surface area contributed by atoms with Gasteiger partial charge in [-0.05, 0) is 32.3 Å². The minimum absolute atomic E-state index is 0.0373.